The summed E-state index contributed by atoms with van der Waals surface area (Å²) in [5, 5.41) is 7.58. The zero-order valence-corrected chi connectivity index (χ0v) is 17.4. The standard InChI is InChI=1S/C23H23N7O2/c24-22-23(28-12-15-3-4-19-16(10-15)2-1-7-25-19)30-20(13-27-22)29-17-5-8-26-21(11-17)32-18-6-9-31-14-18/h1-5,7-8,10-11,13,18H,6,9,12,14H2,(H2,24,27)(H2,26,28,29,30). The van der Waals surface area contributed by atoms with Crippen LogP contribution in [-0.4, -0.2) is 39.3 Å². The van der Waals surface area contributed by atoms with Gasteiger partial charge in [0, 0.05) is 42.5 Å². The van der Waals surface area contributed by atoms with Crippen molar-refractivity contribution in [1.82, 2.24) is 19.9 Å². The molecule has 4 aromatic rings. The fourth-order valence-corrected chi connectivity index (χ4v) is 3.49. The van der Waals surface area contributed by atoms with Gasteiger partial charge in [0.25, 0.3) is 0 Å². The number of nitrogen functional groups attached to an aromatic ring is 1. The summed E-state index contributed by atoms with van der Waals surface area (Å²) in [5.41, 5.74) is 8.89. The average Bonchev–Trinajstić information content (AvgIpc) is 3.32. The number of nitrogens with two attached hydrogens (primary N) is 1. The molecular weight excluding hydrogens is 406 g/mol. The second-order valence-electron chi connectivity index (χ2n) is 7.48. The minimum Gasteiger partial charge on any atom is -0.472 e. The van der Waals surface area contributed by atoms with Gasteiger partial charge >= 0.3 is 0 Å². The summed E-state index contributed by atoms with van der Waals surface area (Å²) < 4.78 is 11.2. The van der Waals surface area contributed by atoms with Crippen LogP contribution in [-0.2, 0) is 11.3 Å². The molecule has 1 unspecified atom stereocenters. The summed E-state index contributed by atoms with van der Waals surface area (Å²) >= 11 is 0. The number of pyridine rings is 2. The number of aromatic nitrogens is 4. The predicted molar refractivity (Wildman–Crippen MR) is 123 cm³/mol. The van der Waals surface area contributed by atoms with Gasteiger partial charge in [0.1, 0.15) is 6.10 Å². The second kappa shape index (κ2) is 9.03. The Labute approximate surface area is 185 Å². The highest BCUT2D eigenvalue weighted by atomic mass is 16.5. The van der Waals surface area contributed by atoms with Crippen LogP contribution >= 0.6 is 0 Å². The maximum absolute atomic E-state index is 6.04. The Morgan fingerprint density at radius 3 is 2.97 bits per heavy atom. The summed E-state index contributed by atoms with van der Waals surface area (Å²) in [7, 11) is 0. The van der Waals surface area contributed by atoms with Gasteiger partial charge < -0.3 is 25.8 Å². The molecule has 1 saturated heterocycles. The molecule has 5 rings (SSSR count). The summed E-state index contributed by atoms with van der Waals surface area (Å²) in [5.74, 6) is 1.94. The number of ether oxygens (including phenoxy) is 2. The van der Waals surface area contributed by atoms with E-state index in [1.54, 1.807) is 18.6 Å². The van der Waals surface area contributed by atoms with Crippen molar-refractivity contribution in [3.05, 3.63) is 66.6 Å². The summed E-state index contributed by atoms with van der Waals surface area (Å²) in [6, 6.07) is 13.8. The third-order valence-electron chi connectivity index (χ3n) is 5.11. The molecule has 32 heavy (non-hydrogen) atoms. The maximum Gasteiger partial charge on any atom is 0.215 e. The third-order valence-corrected chi connectivity index (χ3v) is 5.11. The highest BCUT2D eigenvalue weighted by Gasteiger charge is 2.17. The first-order valence-corrected chi connectivity index (χ1v) is 10.4. The van der Waals surface area contributed by atoms with E-state index in [1.807, 2.05) is 36.4 Å². The first-order valence-electron chi connectivity index (χ1n) is 10.4. The molecule has 162 valence electrons. The van der Waals surface area contributed by atoms with Crippen LogP contribution in [0.15, 0.2) is 61.1 Å². The van der Waals surface area contributed by atoms with Crippen molar-refractivity contribution in [2.45, 2.75) is 19.1 Å². The van der Waals surface area contributed by atoms with Crippen molar-refractivity contribution in [3.8, 4) is 5.88 Å². The normalized spacial score (nSPS) is 15.6. The predicted octanol–water partition coefficient (Wildman–Crippen LogP) is 3.53. The zero-order valence-electron chi connectivity index (χ0n) is 17.4. The molecule has 0 radical (unpaired) electrons. The fraction of sp³-hybridized carbons (Fsp3) is 0.217. The molecule has 0 amide bonds. The van der Waals surface area contributed by atoms with Crippen molar-refractivity contribution in [1.29, 1.82) is 0 Å². The van der Waals surface area contributed by atoms with E-state index in [-0.39, 0.29) is 6.10 Å². The van der Waals surface area contributed by atoms with Gasteiger partial charge in [-0.15, -0.1) is 0 Å². The largest absolute Gasteiger partial charge is 0.472 e. The minimum atomic E-state index is 0.0377. The molecule has 1 aromatic carbocycles. The van der Waals surface area contributed by atoms with Crippen LogP contribution in [0.1, 0.15) is 12.0 Å². The number of nitrogens with zero attached hydrogens (tertiary/aromatic N) is 4. The fourth-order valence-electron chi connectivity index (χ4n) is 3.49. The molecule has 1 aliphatic heterocycles. The highest BCUT2D eigenvalue weighted by Crippen LogP contribution is 2.23. The molecule has 1 fully saturated rings. The van der Waals surface area contributed by atoms with Gasteiger partial charge in [0.2, 0.25) is 5.88 Å². The van der Waals surface area contributed by atoms with Crippen LogP contribution in [0.25, 0.3) is 10.9 Å². The van der Waals surface area contributed by atoms with Crippen LogP contribution < -0.4 is 21.1 Å². The van der Waals surface area contributed by atoms with Crippen LogP contribution in [0.4, 0.5) is 23.1 Å². The van der Waals surface area contributed by atoms with Gasteiger partial charge in [0.15, 0.2) is 17.5 Å². The van der Waals surface area contributed by atoms with Crippen LogP contribution in [0.5, 0.6) is 5.88 Å². The Kier molecular flexibility index (Phi) is 5.63. The van der Waals surface area contributed by atoms with E-state index in [2.05, 4.69) is 36.6 Å². The van der Waals surface area contributed by atoms with E-state index in [0.717, 1.165) is 35.2 Å². The number of hydrogen-bond donors (Lipinski definition) is 3. The first-order chi connectivity index (χ1) is 15.7. The highest BCUT2D eigenvalue weighted by molar-refractivity contribution is 5.79. The molecule has 0 saturated carbocycles. The van der Waals surface area contributed by atoms with E-state index in [0.29, 0.717) is 36.5 Å². The number of hydrogen-bond acceptors (Lipinski definition) is 9. The van der Waals surface area contributed by atoms with E-state index < -0.39 is 0 Å². The smallest absolute Gasteiger partial charge is 0.215 e. The van der Waals surface area contributed by atoms with Crippen molar-refractivity contribution in [2.24, 2.45) is 0 Å². The van der Waals surface area contributed by atoms with E-state index in [4.69, 9.17) is 15.2 Å². The molecule has 4 heterocycles. The Bertz CT molecular complexity index is 1230. The molecular formula is C23H23N7O2. The lowest BCUT2D eigenvalue weighted by Gasteiger charge is -2.13. The Morgan fingerprint density at radius 2 is 2.06 bits per heavy atom. The second-order valence-corrected chi connectivity index (χ2v) is 7.48. The number of benzene rings is 1. The van der Waals surface area contributed by atoms with Gasteiger partial charge in [-0.25, -0.2) is 15.0 Å². The monoisotopic (exact) mass is 429 g/mol. The van der Waals surface area contributed by atoms with Gasteiger partial charge in [0.05, 0.1) is 24.9 Å². The van der Waals surface area contributed by atoms with Crippen LogP contribution in [0.2, 0.25) is 0 Å². The van der Waals surface area contributed by atoms with Crippen molar-refractivity contribution < 1.29 is 9.47 Å². The number of nitrogens with one attached hydrogen (secondary N) is 2. The summed E-state index contributed by atoms with van der Waals surface area (Å²) in [6.07, 6.45) is 5.97. The molecule has 3 aromatic heterocycles. The van der Waals surface area contributed by atoms with Crippen LogP contribution in [0.3, 0.4) is 0 Å². The average molecular weight is 429 g/mol. The van der Waals surface area contributed by atoms with Gasteiger partial charge in [-0.2, -0.15) is 0 Å². The molecule has 0 bridgehead atoms. The van der Waals surface area contributed by atoms with Crippen molar-refractivity contribution in [3.63, 3.8) is 0 Å². The maximum atomic E-state index is 6.04. The van der Waals surface area contributed by atoms with Gasteiger partial charge in [-0.3, -0.25) is 4.98 Å². The molecule has 1 aliphatic rings. The Balaban J connectivity index is 1.27. The zero-order chi connectivity index (χ0) is 21.8. The minimum absolute atomic E-state index is 0.0377. The molecule has 9 nitrogen and oxygen atoms in total. The Morgan fingerprint density at radius 1 is 1.09 bits per heavy atom. The SMILES string of the molecule is Nc1ncc(Nc2ccnc(OC3CCOC3)c2)nc1NCc1ccc2ncccc2c1. The topological polar surface area (TPSA) is 120 Å². The van der Waals surface area contributed by atoms with E-state index >= 15 is 0 Å². The first kappa shape index (κ1) is 20.0. The number of fused-ring (bicyclic) bond motifs is 1. The number of anilines is 4. The number of rotatable bonds is 7. The quantitative estimate of drug-likeness (QED) is 0.405. The molecule has 4 N–H and O–H groups in total. The van der Waals surface area contributed by atoms with Crippen molar-refractivity contribution in [2.75, 3.05) is 29.6 Å². The molecule has 1 atom stereocenters. The molecule has 0 spiro atoms. The lowest BCUT2D eigenvalue weighted by atomic mass is 10.1. The van der Waals surface area contributed by atoms with E-state index in [1.165, 1.54) is 0 Å². The lowest BCUT2D eigenvalue weighted by molar-refractivity contribution is 0.138. The molecule has 0 aliphatic carbocycles. The van der Waals surface area contributed by atoms with Crippen LogP contribution in [0, 0.1) is 0 Å². The van der Waals surface area contributed by atoms with Gasteiger partial charge in [-0.1, -0.05) is 12.1 Å². The molecule has 9 heteroatoms. The summed E-state index contributed by atoms with van der Waals surface area (Å²) in [6.45, 7) is 1.87. The van der Waals surface area contributed by atoms with E-state index in [9.17, 15) is 0 Å². The lowest BCUT2D eigenvalue weighted by Crippen LogP contribution is -2.16. The van der Waals surface area contributed by atoms with Crippen molar-refractivity contribution >= 4 is 34.0 Å². The summed E-state index contributed by atoms with van der Waals surface area (Å²) in [4.78, 5) is 17.5. The Hall–Kier alpha value is -3.98. The third kappa shape index (κ3) is 4.68. The van der Waals surface area contributed by atoms with Gasteiger partial charge in [-0.05, 0) is 29.8 Å².